The van der Waals surface area contributed by atoms with Crippen LogP contribution in [0.1, 0.15) is 134 Å². The van der Waals surface area contributed by atoms with Gasteiger partial charge in [-0.25, -0.2) is 9.78 Å². The third kappa shape index (κ3) is 3.06. The molecule has 0 saturated carbocycles. The van der Waals surface area contributed by atoms with Crippen LogP contribution in [-0.2, 0) is 61.1 Å². The van der Waals surface area contributed by atoms with Gasteiger partial charge in [0.05, 0.1) is 0 Å². The van der Waals surface area contributed by atoms with Crippen LogP contribution in [0.3, 0.4) is 0 Å². The van der Waals surface area contributed by atoms with Crippen molar-refractivity contribution in [1.82, 2.24) is 0 Å². The van der Waals surface area contributed by atoms with Crippen LogP contribution in [-0.4, -0.2) is 0 Å². The Bertz CT molecular complexity index is 869. The van der Waals surface area contributed by atoms with Crippen molar-refractivity contribution in [1.29, 1.82) is 0 Å². The molecule has 0 atom stereocenters. The summed E-state index contributed by atoms with van der Waals surface area (Å²) in [5.74, 6) is 0. The van der Waals surface area contributed by atoms with E-state index in [1.807, 2.05) is 0 Å². The summed E-state index contributed by atoms with van der Waals surface area (Å²) in [5, 5.41) is 0. The van der Waals surface area contributed by atoms with E-state index in [1.54, 1.807) is 22.3 Å². The Morgan fingerprint density at radius 3 is 0.688 bits per heavy atom. The predicted molar refractivity (Wildman–Crippen MR) is 134 cm³/mol. The van der Waals surface area contributed by atoms with Gasteiger partial charge in [0.15, 0.2) is 0 Å². The molecule has 2 aromatic rings. The molecule has 0 radical (unpaired) electrons. The maximum Gasteiger partial charge on any atom is 0.144 e. The standard InChI is InChI=1S/C30H42O2/c1-9-17-18(10-2)22(14-6)26-25(21(17)13-5)29-27-23(15-7)19(11-3)20(12-4)24(16-8)28(27)30(26)32-31-29/h29-30H,9-16H2,1-8H3. The van der Waals surface area contributed by atoms with Gasteiger partial charge < -0.3 is 0 Å². The molecule has 2 aromatic carbocycles. The predicted octanol–water partition coefficient (Wildman–Crippen LogP) is 7.64. The lowest BCUT2D eigenvalue weighted by Crippen LogP contribution is -2.35. The maximum atomic E-state index is 6.26. The molecule has 2 heterocycles. The van der Waals surface area contributed by atoms with Gasteiger partial charge in [0.1, 0.15) is 12.2 Å². The second-order valence-electron chi connectivity index (χ2n) is 9.26. The second-order valence-corrected chi connectivity index (χ2v) is 9.26. The first-order valence-electron chi connectivity index (χ1n) is 13.3. The third-order valence-electron chi connectivity index (χ3n) is 8.19. The first-order chi connectivity index (χ1) is 15.6. The van der Waals surface area contributed by atoms with Crippen molar-refractivity contribution in [2.45, 2.75) is 119 Å². The minimum Gasteiger partial charge on any atom is -0.223 e. The average Bonchev–Trinajstić information content (AvgIpc) is 2.84. The molecular formula is C30H42O2. The molecular weight excluding hydrogens is 392 g/mol. The SMILES string of the molecule is CCc1c(CC)c(CC)c2c(c1CC)C1OOC2c2c(CC)c(CC)c(CC)c(CC)c21. The van der Waals surface area contributed by atoms with Gasteiger partial charge in [0.2, 0.25) is 0 Å². The van der Waals surface area contributed by atoms with E-state index in [-0.39, 0.29) is 12.2 Å². The van der Waals surface area contributed by atoms with Crippen LogP contribution in [0.25, 0.3) is 0 Å². The Morgan fingerprint density at radius 1 is 0.344 bits per heavy atom. The average molecular weight is 435 g/mol. The molecule has 0 spiro atoms. The molecule has 0 saturated heterocycles. The maximum absolute atomic E-state index is 6.26. The zero-order chi connectivity index (χ0) is 23.2. The normalized spacial score (nSPS) is 18.8. The lowest BCUT2D eigenvalue weighted by Gasteiger charge is -2.45. The van der Waals surface area contributed by atoms with E-state index in [9.17, 15) is 0 Å². The van der Waals surface area contributed by atoms with E-state index in [0.29, 0.717) is 0 Å². The number of hydrogen-bond donors (Lipinski definition) is 0. The fourth-order valence-electron chi connectivity index (χ4n) is 7.14. The van der Waals surface area contributed by atoms with Gasteiger partial charge in [-0.2, -0.15) is 0 Å². The van der Waals surface area contributed by atoms with E-state index in [1.165, 1.54) is 44.5 Å². The second kappa shape index (κ2) is 9.31. The Kier molecular flexibility index (Phi) is 6.84. The quantitative estimate of drug-likeness (QED) is 0.397. The summed E-state index contributed by atoms with van der Waals surface area (Å²) < 4.78 is 0. The lowest BCUT2D eigenvalue weighted by molar-refractivity contribution is -0.360. The molecule has 2 bridgehead atoms. The summed E-state index contributed by atoms with van der Waals surface area (Å²) in [4.78, 5) is 12.5. The third-order valence-corrected chi connectivity index (χ3v) is 8.19. The van der Waals surface area contributed by atoms with Crippen molar-refractivity contribution >= 4 is 0 Å². The molecule has 0 fully saturated rings. The number of fused-ring (bicyclic) bond motifs is 1. The molecule has 5 rings (SSSR count). The number of rotatable bonds is 8. The monoisotopic (exact) mass is 434 g/mol. The summed E-state index contributed by atoms with van der Waals surface area (Å²) in [6, 6.07) is 0. The highest BCUT2D eigenvalue weighted by Crippen LogP contribution is 2.56. The van der Waals surface area contributed by atoms with Crippen molar-refractivity contribution < 1.29 is 9.78 Å². The summed E-state index contributed by atoms with van der Waals surface area (Å²) >= 11 is 0. The molecule has 2 aliphatic heterocycles. The molecule has 2 nitrogen and oxygen atoms in total. The van der Waals surface area contributed by atoms with Gasteiger partial charge in [0.25, 0.3) is 0 Å². The molecule has 0 N–H and O–H groups in total. The van der Waals surface area contributed by atoms with Gasteiger partial charge in [0, 0.05) is 0 Å². The minimum absolute atomic E-state index is 0.0853. The van der Waals surface area contributed by atoms with Crippen LogP contribution in [0, 0.1) is 0 Å². The minimum atomic E-state index is -0.0853. The van der Waals surface area contributed by atoms with E-state index in [2.05, 4.69) is 55.4 Å². The number of hydrogen-bond acceptors (Lipinski definition) is 2. The van der Waals surface area contributed by atoms with Gasteiger partial charge in [-0.3, -0.25) is 0 Å². The van der Waals surface area contributed by atoms with Gasteiger partial charge in [-0.15, -0.1) is 0 Å². The molecule has 0 aromatic heterocycles. The van der Waals surface area contributed by atoms with Gasteiger partial charge in [-0.1, -0.05) is 55.4 Å². The van der Waals surface area contributed by atoms with Crippen LogP contribution < -0.4 is 0 Å². The van der Waals surface area contributed by atoms with Gasteiger partial charge >= 0.3 is 0 Å². The zero-order valence-electron chi connectivity index (χ0n) is 21.6. The molecule has 1 aliphatic carbocycles. The fraction of sp³-hybridized carbons (Fsp3) is 0.600. The van der Waals surface area contributed by atoms with E-state index >= 15 is 0 Å². The fourth-order valence-corrected chi connectivity index (χ4v) is 7.14. The van der Waals surface area contributed by atoms with E-state index in [0.717, 1.165) is 51.4 Å². The molecule has 3 aliphatic rings. The first kappa shape index (κ1) is 23.5. The Hall–Kier alpha value is -1.64. The Labute approximate surface area is 195 Å². The Balaban J connectivity index is 2.17. The van der Waals surface area contributed by atoms with Crippen LogP contribution in [0.15, 0.2) is 0 Å². The summed E-state index contributed by atoms with van der Waals surface area (Å²) in [7, 11) is 0. The summed E-state index contributed by atoms with van der Waals surface area (Å²) in [5.41, 5.74) is 18.2. The van der Waals surface area contributed by atoms with Crippen molar-refractivity contribution in [3.05, 3.63) is 66.8 Å². The topological polar surface area (TPSA) is 18.5 Å². The van der Waals surface area contributed by atoms with E-state index < -0.39 is 0 Å². The number of benzene rings is 2. The highest BCUT2D eigenvalue weighted by molar-refractivity contribution is 5.67. The largest absolute Gasteiger partial charge is 0.223 e. The molecule has 0 amide bonds. The van der Waals surface area contributed by atoms with Crippen LogP contribution in [0.2, 0.25) is 0 Å². The van der Waals surface area contributed by atoms with Crippen LogP contribution in [0.4, 0.5) is 0 Å². The molecule has 2 heteroatoms. The zero-order valence-corrected chi connectivity index (χ0v) is 21.6. The Morgan fingerprint density at radius 2 is 0.531 bits per heavy atom. The van der Waals surface area contributed by atoms with Crippen molar-refractivity contribution in [3.63, 3.8) is 0 Å². The van der Waals surface area contributed by atoms with Gasteiger partial charge in [-0.05, 0) is 118 Å². The van der Waals surface area contributed by atoms with E-state index in [4.69, 9.17) is 9.78 Å². The van der Waals surface area contributed by atoms with Crippen molar-refractivity contribution in [3.8, 4) is 0 Å². The lowest BCUT2D eigenvalue weighted by atomic mass is 9.68. The van der Waals surface area contributed by atoms with Crippen LogP contribution in [0.5, 0.6) is 0 Å². The molecule has 0 unspecified atom stereocenters. The first-order valence-corrected chi connectivity index (χ1v) is 13.3. The molecule has 174 valence electrons. The molecule has 32 heavy (non-hydrogen) atoms. The summed E-state index contributed by atoms with van der Waals surface area (Å²) in [6.45, 7) is 18.6. The highest BCUT2D eigenvalue weighted by Gasteiger charge is 2.46. The highest BCUT2D eigenvalue weighted by atomic mass is 17.2. The summed E-state index contributed by atoms with van der Waals surface area (Å²) in [6.07, 6.45) is 8.42. The van der Waals surface area contributed by atoms with Crippen LogP contribution >= 0.6 is 0 Å². The van der Waals surface area contributed by atoms with Crippen molar-refractivity contribution in [2.75, 3.05) is 0 Å². The van der Waals surface area contributed by atoms with Crippen molar-refractivity contribution in [2.24, 2.45) is 0 Å². The smallest absolute Gasteiger partial charge is 0.144 e.